The summed E-state index contributed by atoms with van der Waals surface area (Å²) in [6.07, 6.45) is 1.88. The third-order valence-corrected chi connectivity index (χ3v) is 3.30. The number of carbonyl (C=O) groups excluding carboxylic acids is 2. The highest BCUT2D eigenvalue weighted by molar-refractivity contribution is 5.87. The number of aliphatic imine (C=N–C) groups is 1. The number of unbranched alkanes of at least 4 members (excludes halogenated alkanes) is 1. The highest BCUT2D eigenvalue weighted by Gasteiger charge is 2.36. The maximum Gasteiger partial charge on any atom is 0.242 e. The van der Waals surface area contributed by atoms with Gasteiger partial charge in [-0.1, -0.05) is 0 Å². The van der Waals surface area contributed by atoms with Gasteiger partial charge in [0.05, 0.1) is 6.10 Å². The van der Waals surface area contributed by atoms with Crippen molar-refractivity contribution in [1.29, 1.82) is 0 Å². The number of aliphatic hydroxyl groups is 1. The summed E-state index contributed by atoms with van der Waals surface area (Å²) >= 11 is 0. The Morgan fingerprint density at radius 1 is 1.25 bits per heavy atom. The number of hydrogen-bond donors (Lipinski definition) is 4. The average Bonchev–Trinajstić information content (AvgIpc) is 2.36. The zero-order chi connectivity index (χ0) is 15.1. The van der Waals surface area contributed by atoms with Crippen LogP contribution in [0.2, 0.25) is 0 Å². The van der Waals surface area contributed by atoms with E-state index in [1.807, 2.05) is 0 Å². The van der Waals surface area contributed by atoms with Crippen LogP contribution in [0.4, 0.5) is 0 Å². The first-order chi connectivity index (χ1) is 9.43. The Labute approximate surface area is 118 Å². The summed E-state index contributed by atoms with van der Waals surface area (Å²) in [6, 6.07) is -0.908. The molecule has 7 N–H and O–H groups in total. The van der Waals surface area contributed by atoms with Crippen LogP contribution in [0, 0.1) is 0 Å². The first kappa shape index (κ1) is 16.2. The van der Waals surface area contributed by atoms with Crippen molar-refractivity contribution >= 4 is 17.8 Å². The van der Waals surface area contributed by atoms with E-state index < -0.39 is 18.1 Å². The number of rotatable bonds is 6. The Bertz CT molecular complexity index is 381. The average molecular weight is 285 g/mol. The van der Waals surface area contributed by atoms with Gasteiger partial charge in [0.15, 0.2) is 5.96 Å². The lowest BCUT2D eigenvalue weighted by atomic mass is 9.97. The second-order valence-corrected chi connectivity index (χ2v) is 4.91. The number of carbonyl (C=O) groups is 2. The molecule has 0 aromatic heterocycles. The molecule has 8 heteroatoms. The predicted molar refractivity (Wildman–Crippen MR) is 74.5 cm³/mol. The predicted octanol–water partition coefficient (Wildman–Crippen LogP) is -1.73. The van der Waals surface area contributed by atoms with Crippen molar-refractivity contribution in [2.45, 2.75) is 44.2 Å². The van der Waals surface area contributed by atoms with Crippen LogP contribution in [0.25, 0.3) is 0 Å². The summed E-state index contributed by atoms with van der Waals surface area (Å²) in [5.74, 6) is -0.799. The van der Waals surface area contributed by atoms with Crippen LogP contribution in [-0.4, -0.2) is 53.0 Å². The molecule has 0 aromatic carbocycles. The molecule has 8 nitrogen and oxygen atoms in total. The lowest BCUT2D eigenvalue weighted by Crippen LogP contribution is -2.57. The van der Waals surface area contributed by atoms with Crippen LogP contribution in [0.5, 0.6) is 0 Å². The first-order valence-electron chi connectivity index (χ1n) is 6.75. The number of aliphatic hydroxyl groups excluding tert-OH is 1. The summed E-state index contributed by atoms with van der Waals surface area (Å²) in [7, 11) is 0. The molecule has 0 aromatic rings. The zero-order valence-corrected chi connectivity index (χ0v) is 11.5. The lowest BCUT2D eigenvalue weighted by molar-refractivity contribution is -0.146. The topological polar surface area (TPSA) is 148 Å². The maximum atomic E-state index is 12.1. The van der Waals surface area contributed by atoms with E-state index in [0.29, 0.717) is 38.8 Å². The van der Waals surface area contributed by atoms with Crippen LogP contribution >= 0.6 is 0 Å². The fourth-order valence-corrected chi connectivity index (χ4v) is 2.34. The number of amides is 2. The van der Waals surface area contributed by atoms with Gasteiger partial charge in [-0.15, -0.1) is 0 Å². The molecule has 114 valence electrons. The van der Waals surface area contributed by atoms with Crippen molar-refractivity contribution in [2.75, 3.05) is 13.1 Å². The van der Waals surface area contributed by atoms with Gasteiger partial charge in [0.25, 0.3) is 0 Å². The third kappa shape index (κ3) is 4.69. The van der Waals surface area contributed by atoms with Crippen LogP contribution in [0.3, 0.4) is 0 Å². The summed E-state index contributed by atoms with van der Waals surface area (Å²) in [6.45, 7) is 0.925. The standard InChI is InChI=1S/C12H23N5O3/c13-11(20)10-8(18)4-3-7-17(10)9(19)5-1-2-6-16-12(14)15/h8,10,18H,1-7H2,(H2,13,20)(H4,14,15,16). The van der Waals surface area contributed by atoms with Crippen LogP contribution in [-0.2, 0) is 9.59 Å². The summed E-state index contributed by atoms with van der Waals surface area (Å²) in [4.78, 5) is 28.6. The van der Waals surface area contributed by atoms with Crippen molar-refractivity contribution in [2.24, 2.45) is 22.2 Å². The van der Waals surface area contributed by atoms with E-state index in [-0.39, 0.29) is 18.3 Å². The number of nitrogens with two attached hydrogens (primary N) is 3. The highest BCUT2D eigenvalue weighted by Crippen LogP contribution is 2.19. The van der Waals surface area contributed by atoms with Gasteiger partial charge in [0.1, 0.15) is 6.04 Å². The molecule has 1 aliphatic heterocycles. The van der Waals surface area contributed by atoms with E-state index in [4.69, 9.17) is 17.2 Å². The normalized spacial score (nSPS) is 22.4. The van der Waals surface area contributed by atoms with Gasteiger partial charge in [-0.3, -0.25) is 14.6 Å². The van der Waals surface area contributed by atoms with Gasteiger partial charge in [-0.25, -0.2) is 0 Å². The van der Waals surface area contributed by atoms with Crippen molar-refractivity contribution in [3.63, 3.8) is 0 Å². The van der Waals surface area contributed by atoms with E-state index in [0.717, 1.165) is 0 Å². The maximum absolute atomic E-state index is 12.1. The summed E-state index contributed by atoms with van der Waals surface area (Å²) in [5, 5.41) is 9.79. The molecule has 2 amide bonds. The fraction of sp³-hybridized carbons (Fsp3) is 0.750. The van der Waals surface area contributed by atoms with Gasteiger partial charge in [0, 0.05) is 19.5 Å². The van der Waals surface area contributed by atoms with Crippen LogP contribution in [0.1, 0.15) is 32.1 Å². The molecule has 0 saturated carbocycles. The molecule has 0 spiro atoms. The van der Waals surface area contributed by atoms with Gasteiger partial charge in [0.2, 0.25) is 11.8 Å². The second kappa shape index (κ2) is 7.68. The number of guanidine groups is 1. The van der Waals surface area contributed by atoms with Gasteiger partial charge in [-0.2, -0.15) is 0 Å². The van der Waals surface area contributed by atoms with E-state index in [1.54, 1.807) is 0 Å². The SMILES string of the molecule is NC(=O)C1C(O)CCCN1C(=O)CCCCN=C(N)N. The number of nitrogens with zero attached hydrogens (tertiary/aromatic N) is 2. The van der Waals surface area contributed by atoms with Crippen LogP contribution < -0.4 is 17.2 Å². The van der Waals surface area contributed by atoms with E-state index in [1.165, 1.54) is 4.90 Å². The van der Waals surface area contributed by atoms with E-state index in [9.17, 15) is 14.7 Å². The number of likely N-dealkylation sites (tertiary alicyclic amines) is 1. The number of piperidine rings is 1. The third-order valence-electron chi connectivity index (χ3n) is 3.30. The molecule has 0 radical (unpaired) electrons. The van der Waals surface area contributed by atoms with E-state index >= 15 is 0 Å². The molecule has 2 unspecified atom stereocenters. The molecule has 1 saturated heterocycles. The number of hydrogen-bond acceptors (Lipinski definition) is 4. The minimum atomic E-state index is -0.908. The molecule has 1 rings (SSSR count). The molecular weight excluding hydrogens is 262 g/mol. The van der Waals surface area contributed by atoms with Crippen LogP contribution in [0.15, 0.2) is 4.99 Å². The molecule has 1 aliphatic rings. The molecule has 1 fully saturated rings. The van der Waals surface area contributed by atoms with Gasteiger partial charge in [-0.05, 0) is 25.7 Å². The van der Waals surface area contributed by atoms with Gasteiger partial charge < -0.3 is 27.2 Å². The van der Waals surface area contributed by atoms with Crippen molar-refractivity contribution in [3.8, 4) is 0 Å². The van der Waals surface area contributed by atoms with E-state index in [2.05, 4.69) is 4.99 Å². The Morgan fingerprint density at radius 3 is 2.55 bits per heavy atom. The molecule has 20 heavy (non-hydrogen) atoms. The molecule has 2 atom stereocenters. The summed E-state index contributed by atoms with van der Waals surface area (Å²) in [5.41, 5.74) is 15.6. The summed E-state index contributed by atoms with van der Waals surface area (Å²) < 4.78 is 0. The monoisotopic (exact) mass is 285 g/mol. The molecular formula is C12H23N5O3. The zero-order valence-electron chi connectivity index (χ0n) is 11.5. The largest absolute Gasteiger partial charge is 0.390 e. The molecule has 0 bridgehead atoms. The lowest BCUT2D eigenvalue weighted by Gasteiger charge is -2.37. The smallest absolute Gasteiger partial charge is 0.242 e. The first-order valence-corrected chi connectivity index (χ1v) is 6.75. The minimum absolute atomic E-state index is 0.0317. The van der Waals surface area contributed by atoms with Crippen molar-refractivity contribution in [3.05, 3.63) is 0 Å². The minimum Gasteiger partial charge on any atom is -0.390 e. The Balaban J connectivity index is 2.44. The Kier molecular flexibility index (Phi) is 6.23. The Hall–Kier alpha value is -1.83. The Morgan fingerprint density at radius 2 is 1.95 bits per heavy atom. The number of primary amides is 1. The van der Waals surface area contributed by atoms with Crippen molar-refractivity contribution < 1.29 is 14.7 Å². The molecule has 0 aliphatic carbocycles. The fourth-order valence-electron chi connectivity index (χ4n) is 2.34. The second-order valence-electron chi connectivity index (χ2n) is 4.91. The highest BCUT2D eigenvalue weighted by atomic mass is 16.3. The molecule has 1 heterocycles. The van der Waals surface area contributed by atoms with Gasteiger partial charge >= 0.3 is 0 Å². The van der Waals surface area contributed by atoms with Crippen molar-refractivity contribution in [1.82, 2.24) is 4.90 Å². The quantitative estimate of drug-likeness (QED) is 0.260.